The molecule has 7 nitrogen and oxygen atoms in total. The van der Waals surface area contributed by atoms with Gasteiger partial charge in [-0.3, -0.25) is 4.79 Å². The average Bonchev–Trinajstić information content (AvgIpc) is 2.72. The van der Waals surface area contributed by atoms with Gasteiger partial charge >= 0.3 is 0 Å². The Morgan fingerprint density at radius 1 is 1.17 bits per heavy atom. The highest BCUT2D eigenvalue weighted by molar-refractivity contribution is 6.10. The Bertz CT molecular complexity index is 872. The van der Waals surface area contributed by atoms with Gasteiger partial charge in [0.1, 0.15) is 17.2 Å². The molecule has 0 aliphatic carbocycles. The second kappa shape index (κ2) is 10.2. The molecule has 0 unspecified atom stereocenters. The number of allylic oxidation sites excluding steroid dienone is 2. The van der Waals surface area contributed by atoms with Gasteiger partial charge in [0.2, 0.25) is 5.91 Å². The van der Waals surface area contributed by atoms with Crippen molar-refractivity contribution in [2.24, 2.45) is 4.99 Å². The Labute approximate surface area is 171 Å². The standard InChI is InChI=1S/C22H27N3O4/c1-7-8-18(14(2)24-16-9-10-23-21(26)11-16)25-15(3)22-19(28-5)12-17(27-4)13-20(22)29-6/h7-8,11-13,24H,2-3,9-10H2,1,4-6H3,(H,23,26)/b8-7-,25-18?. The Morgan fingerprint density at radius 2 is 1.83 bits per heavy atom. The van der Waals surface area contributed by atoms with E-state index in [1.807, 2.05) is 19.1 Å². The molecule has 1 aliphatic rings. The van der Waals surface area contributed by atoms with E-state index >= 15 is 0 Å². The van der Waals surface area contributed by atoms with Gasteiger partial charge < -0.3 is 24.8 Å². The van der Waals surface area contributed by atoms with Crippen molar-refractivity contribution >= 4 is 17.3 Å². The number of ether oxygens (including phenoxy) is 3. The number of rotatable bonds is 9. The maximum atomic E-state index is 11.6. The lowest BCUT2D eigenvalue weighted by Crippen LogP contribution is -2.31. The van der Waals surface area contributed by atoms with Crippen LogP contribution in [0.2, 0.25) is 0 Å². The molecule has 0 saturated carbocycles. The second-order valence-electron chi connectivity index (χ2n) is 6.16. The molecule has 0 saturated heterocycles. The summed E-state index contributed by atoms with van der Waals surface area (Å²) < 4.78 is 16.3. The molecule has 2 rings (SSSR count). The molecule has 1 aliphatic heterocycles. The number of aliphatic imine (C=N–C) groups is 1. The lowest BCUT2D eigenvalue weighted by Gasteiger charge is -2.18. The number of nitrogens with zero attached hydrogens (tertiary/aromatic N) is 1. The zero-order valence-electron chi connectivity index (χ0n) is 17.3. The predicted octanol–water partition coefficient (Wildman–Crippen LogP) is 3.21. The number of carbonyl (C=O) groups excluding carboxylic acids is 1. The van der Waals surface area contributed by atoms with Crippen molar-refractivity contribution in [3.05, 3.63) is 60.5 Å². The van der Waals surface area contributed by atoms with E-state index in [0.29, 0.717) is 52.9 Å². The molecule has 1 heterocycles. The van der Waals surface area contributed by atoms with Crippen molar-refractivity contribution in [3.63, 3.8) is 0 Å². The number of methoxy groups -OCH3 is 3. The molecule has 7 heteroatoms. The Morgan fingerprint density at radius 3 is 2.34 bits per heavy atom. The van der Waals surface area contributed by atoms with Crippen LogP contribution in [0, 0.1) is 0 Å². The average molecular weight is 397 g/mol. The van der Waals surface area contributed by atoms with Crippen LogP contribution < -0.4 is 24.8 Å². The summed E-state index contributed by atoms with van der Waals surface area (Å²) in [6, 6.07) is 3.48. The van der Waals surface area contributed by atoms with Gasteiger partial charge in [-0.25, -0.2) is 4.99 Å². The van der Waals surface area contributed by atoms with Gasteiger partial charge in [-0.05, 0) is 13.0 Å². The Hall–Kier alpha value is -3.48. The summed E-state index contributed by atoms with van der Waals surface area (Å²) >= 11 is 0. The number of carbonyl (C=O) groups is 1. The van der Waals surface area contributed by atoms with Gasteiger partial charge in [0.05, 0.1) is 44.0 Å². The van der Waals surface area contributed by atoms with Crippen molar-refractivity contribution in [1.82, 2.24) is 10.6 Å². The van der Waals surface area contributed by atoms with Crippen LogP contribution in [-0.2, 0) is 4.79 Å². The summed E-state index contributed by atoms with van der Waals surface area (Å²) in [5.41, 5.74) is 2.96. The van der Waals surface area contributed by atoms with Crippen molar-refractivity contribution in [2.45, 2.75) is 13.3 Å². The zero-order valence-corrected chi connectivity index (χ0v) is 17.3. The van der Waals surface area contributed by atoms with Crippen LogP contribution >= 0.6 is 0 Å². The van der Waals surface area contributed by atoms with E-state index in [2.05, 4.69) is 28.8 Å². The molecule has 0 radical (unpaired) electrons. The topological polar surface area (TPSA) is 81.2 Å². The fraction of sp³-hybridized carbons (Fsp3) is 0.273. The summed E-state index contributed by atoms with van der Waals surface area (Å²) in [4.78, 5) is 16.2. The normalized spacial score (nSPS) is 14.1. The highest BCUT2D eigenvalue weighted by Gasteiger charge is 2.17. The van der Waals surface area contributed by atoms with Gasteiger partial charge in [-0.2, -0.15) is 0 Å². The fourth-order valence-electron chi connectivity index (χ4n) is 2.81. The lowest BCUT2D eigenvalue weighted by atomic mass is 10.1. The van der Waals surface area contributed by atoms with Gasteiger partial charge in [0.25, 0.3) is 0 Å². The molecular weight excluding hydrogens is 370 g/mol. The Kier molecular flexibility index (Phi) is 7.65. The summed E-state index contributed by atoms with van der Waals surface area (Å²) in [5, 5.41) is 5.91. The highest BCUT2D eigenvalue weighted by Crippen LogP contribution is 2.38. The molecule has 0 atom stereocenters. The number of hydrogen-bond donors (Lipinski definition) is 2. The molecule has 29 heavy (non-hydrogen) atoms. The summed E-state index contributed by atoms with van der Waals surface area (Å²) in [6.45, 7) is 10.6. The second-order valence-corrected chi connectivity index (χ2v) is 6.16. The fourth-order valence-corrected chi connectivity index (χ4v) is 2.81. The first kappa shape index (κ1) is 21.8. The molecule has 1 aromatic rings. The van der Waals surface area contributed by atoms with Crippen LogP contribution in [0.5, 0.6) is 17.2 Å². The minimum atomic E-state index is -0.131. The van der Waals surface area contributed by atoms with Crippen molar-refractivity contribution in [2.75, 3.05) is 27.9 Å². The lowest BCUT2D eigenvalue weighted by molar-refractivity contribution is -0.116. The summed E-state index contributed by atoms with van der Waals surface area (Å²) in [5.74, 6) is 1.52. The number of benzene rings is 1. The van der Waals surface area contributed by atoms with Crippen LogP contribution in [0.4, 0.5) is 0 Å². The van der Waals surface area contributed by atoms with Crippen molar-refractivity contribution in [1.29, 1.82) is 0 Å². The first-order valence-corrected chi connectivity index (χ1v) is 9.08. The molecule has 0 aromatic heterocycles. The van der Waals surface area contributed by atoms with Crippen molar-refractivity contribution in [3.8, 4) is 17.2 Å². The number of hydrogen-bond acceptors (Lipinski definition) is 6. The van der Waals surface area contributed by atoms with E-state index in [4.69, 9.17) is 14.2 Å². The van der Waals surface area contributed by atoms with Crippen LogP contribution in [0.1, 0.15) is 18.9 Å². The third-order valence-corrected chi connectivity index (χ3v) is 4.20. The van der Waals surface area contributed by atoms with Crippen LogP contribution in [-0.4, -0.2) is 39.5 Å². The SMILES string of the molecule is C=C(NC1=CC(=O)NCC1)C(/C=C\C)=NC(=C)c1c(OC)cc(OC)cc1OC. The molecule has 0 fully saturated rings. The van der Waals surface area contributed by atoms with E-state index in [-0.39, 0.29) is 5.91 Å². The third kappa shape index (κ3) is 5.51. The summed E-state index contributed by atoms with van der Waals surface area (Å²) in [7, 11) is 4.69. The number of amides is 1. The van der Waals surface area contributed by atoms with E-state index in [9.17, 15) is 4.79 Å². The quantitative estimate of drug-likeness (QED) is 0.626. The molecule has 154 valence electrons. The Balaban J connectivity index is 2.39. The predicted molar refractivity (Wildman–Crippen MR) is 115 cm³/mol. The van der Waals surface area contributed by atoms with Gasteiger partial charge in [0, 0.05) is 36.9 Å². The van der Waals surface area contributed by atoms with E-state index < -0.39 is 0 Å². The zero-order chi connectivity index (χ0) is 21.4. The molecule has 0 bridgehead atoms. The maximum absolute atomic E-state index is 11.6. The van der Waals surface area contributed by atoms with Crippen LogP contribution in [0.3, 0.4) is 0 Å². The van der Waals surface area contributed by atoms with Gasteiger partial charge in [0.15, 0.2) is 0 Å². The first-order valence-electron chi connectivity index (χ1n) is 9.08. The van der Waals surface area contributed by atoms with E-state index in [0.717, 1.165) is 5.70 Å². The maximum Gasteiger partial charge on any atom is 0.245 e. The smallest absolute Gasteiger partial charge is 0.245 e. The summed E-state index contributed by atoms with van der Waals surface area (Å²) in [6.07, 6.45) is 5.87. The molecule has 2 N–H and O–H groups in total. The van der Waals surface area contributed by atoms with Crippen LogP contribution in [0.15, 0.2) is 59.9 Å². The van der Waals surface area contributed by atoms with E-state index in [1.54, 1.807) is 33.5 Å². The molecule has 1 aromatic carbocycles. The monoisotopic (exact) mass is 397 g/mol. The minimum Gasteiger partial charge on any atom is -0.496 e. The number of nitrogens with one attached hydrogen (secondary N) is 2. The first-order chi connectivity index (χ1) is 13.9. The van der Waals surface area contributed by atoms with Crippen LogP contribution in [0.25, 0.3) is 5.70 Å². The van der Waals surface area contributed by atoms with Crippen molar-refractivity contribution < 1.29 is 19.0 Å². The van der Waals surface area contributed by atoms with Gasteiger partial charge in [-0.1, -0.05) is 19.2 Å². The third-order valence-electron chi connectivity index (χ3n) is 4.20. The highest BCUT2D eigenvalue weighted by atomic mass is 16.5. The molecule has 0 spiro atoms. The largest absolute Gasteiger partial charge is 0.496 e. The minimum absolute atomic E-state index is 0.131. The molecular formula is C22H27N3O4. The van der Waals surface area contributed by atoms with Gasteiger partial charge in [-0.15, -0.1) is 0 Å². The van der Waals surface area contributed by atoms with E-state index in [1.165, 1.54) is 6.08 Å². The molecule has 1 amide bonds.